The molecule has 0 fully saturated rings. The lowest BCUT2D eigenvalue weighted by Crippen LogP contribution is -2.26. The topological polar surface area (TPSA) is 79.3 Å². The molecule has 22 heavy (non-hydrogen) atoms. The standard InChI is InChI=1S/C16H18N2O3S/c1-10-9-22-15(17-10)11(2)18-14(19)8-5-12-3-6-13(7-4-12)16(20)21/h3-4,6-7,9,11H,5,8H2,1-2H3,(H,18,19)(H,20,21). The maximum absolute atomic E-state index is 12.0. The predicted octanol–water partition coefficient (Wildman–Crippen LogP) is 2.96. The maximum atomic E-state index is 12.0. The Morgan fingerprint density at radius 1 is 1.32 bits per heavy atom. The highest BCUT2D eigenvalue weighted by molar-refractivity contribution is 7.09. The average molecular weight is 318 g/mol. The Kier molecular flexibility index (Phi) is 5.27. The molecule has 1 atom stereocenters. The van der Waals surface area contributed by atoms with Crippen LogP contribution in [0.1, 0.15) is 46.0 Å². The lowest BCUT2D eigenvalue weighted by molar-refractivity contribution is -0.121. The number of aryl methyl sites for hydroxylation is 2. The number of hydrogen-bond donors (Lipinski definition) is 2. The third kappa shape index (κ3) is 4.39. The van der Waals surface area contributed by atoms with Gasteiger partial charge in [0.25, 0.3) is 0 Å². The van der Waals surface area contributed by atoms with Gasteiger partial charge in [-0.15, -0.1) is 11.3 Å². The summed E-state index contributed by atoms with van der Waals surface area (Å²) in [5.41, 5.74) is 2.15. The van der Waals surface area contributed by atoms with Crippen LogP contribution in [0.4, 0.5) is 0 Å². The van der Waals surface area contributed by atoms with Crippen molar-refractivity contribution in [2.45, 2.75) is 32.7 Å². The van der Waals surface area contributed by atoms with Gasteiger partial charge in [0.15, 0.2) is 0 Å². The molecule has 1 aromatic heterocycles. The number of rotatable bonds is 6. The molecule has 0 saturated carbocycles. The van der Waals surface area contributed by atoms with Gasteiger partial charge in [-0.05, 0) is 38.0 Å². The highest BCUT2D eigenvalue weighted by Gasteiger charge is 2.12. The quantitative estimate of drug-likeness (QED) is 0.858. The van der Waals surface area contributed by atoms with Crippen molar-refractivity contribution in [2.24, 2.45) is 0 Å². The number of carbonyl (C=O) groups excluding carboxylic acids is 1. The molecule has 0 aliphatic carbocycles. The first-order chi connectivity index (χ1) is 10.5. The molecule has 1 amide bonds. The van der Waals surface area contributed by atoms with Crippen molar-refractivity contribution >= 4 is 23.2 Å². The van der Waals surface area contributed by atoms with Crippen LogP contribution in [0.25, 0.3) is 0 Å². The Morgan fingerprint density at radius 3 is 2.55 bits per heavy atom. The van der Waals surface area contributed by atoms with Crippen molar-refractivity contribution in [1.82, 2.24) is 10.3 Å². The van der Waals surface area contributed by atoms with Gasteiger partial charge in [-0.2, -0.15) is 0 Å². The van der Waals surface area contributed by atoms with E-state index in [1.54, 1.807) is 24.3 Å². The van der Waals surface area contributed by atoms with Crippen LogP contribution < -0.4 is 5.32 Å². The van der Waals surface area contributed by atoms with Crippen LogP contribution in [-0.2, 0) is 11.2 Å². The lowest BCUT2D eigenvalue weighted by atomic mass is 10.1. The normalized spacial score (nSPS) is 11.9. The van der Waals surface area contributed by atoms with E-state index < -0.39 is 5.97 Å². The van der Waals surface area contributed by atoms with E-state index in [0.29, 0.717) is 12.8 Å². The summed E-state index contributed by atoms with van der Waals surface area (Å²) in [4.78, 5) is 27.1. The van der Waals surface area contributed by atoms with Crippen LogP contribution in [0.2, 0.25) is 0 Å². The molecule has 5 nitrogen and oxygen atoms in total. The number of benzene rings is 1. The second kappa shape index (κ2) is 7.17. The minimum Gasteiger partial charge on any atom is -0.478 e. The number of nitrogens with one attached hydrogen (secondary N) is 1. The summed E-state index contributed by atoms with van der Waals surface area (Å²) in [6.45, 7) is 3.84. The number of hydrogen-bond acceptors (Lipinski definition) is 4. The van der Waals surface area contributed by atoms with Crippen LogP contribution >= 0.6 is 11.3 Å². The van der Waals surface area contributed by atoms with Crippen molar-refractivity contribution in [1.29, 1.82) is 0 Å². The number of aromatic nitrogens is 1. The van der Waals surface area contributed by atoms with Gasteiger partial charge in [-0.25, -0.2) is 9.78 Å². The summed E-state index contributed by atoms with van der Waals surface area (Å²) >= 11 is 1.54. The van der Waals surface area contributed by atoms with Gasteiger partial charge in [0.1, 0.15) is 5.01 Å². The summed E-state index contributed by atoms with van der Waals surface area (Å²) in [5.74, 6) is -0.987. The molecule has 2 N–H and O–H groups in total. The zero-order valence-corrected chi connectivity index (χ0v) is 13.3. The fraction of sp³-hybridized carbons (Fsp3) is 0.312. The summed E-state index contributed by atoms with van der Waals surface area (Å²) < 4.78 is 0. The second-order valence-electron chi connectivity index (χ2n) is 5.12. The zero-order valence-electron chi connectivity index (χ0n) is 12.5. The van der Waals surface area contributed by atoms with E-state index in [9.17, 15) is 9.59 Å². The van der Waals surface area contributed by atoms with Gasteiger partial charge in [-0.3, -0.25) is 4.79 Å². The number of nitrogens with zero attached hydrogens (tertiary/aromatic N) is 1. The van der Waals surface area contributed by atoms with Crippen molar-refractivity contribution in [3.63, 3.8) is 0 Å². The van der Waals surface area contributed by atoms with Gasteiger partial charge in [0.2, 0.25) is 5.91 Å². The molecule has 0 bridgehead atoms. The predicted molar refractivity (Wildman–Crippen MR) is 85.1 cm³/mol. The minimum absolute atomic E-state index is 0.0392. The zero-order chi connectivity index (χ0) is 16.1. The first kappa shape index (κ1) is 16.2. The molecule has 0 radical (unpaired) electrons. The molecular weight excluding hydrogens is 300 g/mol. The minimum atomic E-state index is -0.947. The van der Waals surface area contributed by atoms with Crippen LogP contribution in [0.15, 0.2) is 29.6 Å². The number of carbonyl (C=O) groups is 2. The SMILES string of the molecule is Cc1csc(C(C)NC(=O)CCc2ccc(C(=O)O)cc2)n1. The van der Waals surface area contributed by atoms with Gasteiger partial charge in [-0.1, -0.05) is 12.1 Å². The largest absolute Gasteiger partial charge is 0.478 e. The Hall–Kier alpha value is -2.21. The molecule has 2 aromatic rings. The molecule has 1 unspecified atom stereocenters. The molecule has 1 aromatic carbocycles. The smallest absolute Gasteiger partial charge is 0.335 e. The first-order valence-electron chi connectivity index (χ1n) is 6.99. The summed E-state index contributed by atoms with van der Waals surface area (Å²) in [5, 5.41) is 14.6. The molecule has 2 rings (SSSR count). The van der Waals surface area contributed by atoms with Gasteiger partial charge < -0.3 is 10.4 Å². The van der Waals surface area contributed by atoms with Crippen LogP contribution in [0, 0.1) is 6.92 Å². The fourth-order valence-corrected chi connectivity index (χ4v) is 2.82. The Morgan fingerprint density at radius 2 is 2.00 bits per heavy atom. The van der Waals surface area contributed by atoms with E-state index in [4.69, 9.17) is 5.11 Å². The number of aromatic carboxylic acids is 1. The fourth-order valence-electron chi connectivity index (χ4n) is 2.02. The Labute approximate surface area is 133 Å². The van der Waals surface area contributed by atoms with Gasteiger partial charge in [0.05, 0.1) is 11.6 Å². The summed E-state index contributed by atoms with van der Waals surface area (Å²) in [6.07, 6.45) is 0.941. The number of thiazole rings is 1. The van der Waals surface area contributed by atoms with E-state index in [0.717, 1.165) is 16.3 Å². The molecular formula is C16H18N2O3S. The molecule has 0 saturated heterocycles. The maximum Gasteiger partial charge on any atom is 0.335 e. The first-order valence-corrected chi connectivity index (χ1v) is 7.87. The Balaban J connectivity index is 1.83. The third-order valence-electron chi connectivity index (χ3n) is 3.23. The van der Waals surface area contributed by atoms with E-state index in [2.05, 4.69) is 10.3 Å². The number of carboxylic acids is 1. The van der Waals surface area contributed by atoms with Crippen molar-refractivity contribution < 1.29 is 14.7 Å². The summed E-state index contributed by atoms with van der Waals surface area (Å²) in [6, 6.07) is 6.49. The van der Waals surface area contributed by atoms with Crippen LogP contribution in [0.3, 0.4) is 0 Å². The molecule has 0 aliphatic heterocycles. The van der Waals surface area contributed by atoms with Crippen molar-refractivity contribution in [3.8, 4) is 0 Å². The van der Waals surface area contributed by atoms with Gasteiger partial charge in [0, 0.05) is 17.5 Å². The monoisotopic (exact) mass is 318 g/mol. The molecule has 1 heterocycles. The molecule has 0 spiro atoms. The molecule has 6 heteroatoms. The highest BCUT2D eigenvalue weighted by atomic mass is 32.1. The van der Waals surface area contributed by atoms with E-state index >= 15 is 0 Å². The van der Waals surface area contributed by atoms with Crippen LogP contribution in [0.5, 0.6) is 0 Å². The van der Waals surface area contributed by atoms with E-state index in [1.807, 2.05) is 19.2 Å². The average Bonchev–Trinajstić information content (AvgIpc) is 2.92. The molecule has 0 aliphatic rings. The number of amides is 1. The highest BCUT2D eigenvalue weighted by Crippen LogP contribution is 2.17. The number of carboxylic acid groups (broad SMARTS) is 1. The molecule has 116 valence electrons. The second-order valence-corrected chi connectivity index (χ2v) is 6.01. The lowest BCUT2D eigenvalue weighted by Gasteiger charge is -2.11. The van der Waals surface area contributed by atoms with Crippen LogP contribution in [-0.4, -0.2) is 22.0 Å². The van der Waals surface area contributed by atoms with Crippen molar-refractivity contribution in [2.75, 3.05) is 0 Å². The van der Waals surface area contributed by atoms with Gasteiger partial charge >= 0.3 is 5.97 Å². The third-order valence-corrected chi connectivity index (χ3v) is 4.37. The van der Waals surface area contributed by atoms with Crippen molar-refractivity contribution in [3.05, 3.63) is 51.5 Å². The van der Waals surface area contributed by atoms with E-state index in [1.165, 1.54) is 11.3 Å². The van der Waals surface area contributed by atoms with E-state index in [-0.39, 0.29) is 17.5 Å². The summed E-state index contributed by atoms with van der Waals surface area (Å²) in [7, 11) is 0. The Bertz CT molecular complexity index is 664.